The highest BCUT2D eigenvalue weighted by Crippen LogP contribution is 2.39. The summed E-state index contributed by atoms with van der Waals surface area (Å²) in [7, 11) is 1.01. The predicted octanol–water partition coefficient (Wildman–Crippen LogP) is 9.55. The highest BCUT2D eigenvalue weighted by Gasteiger charge is 2.39. The molecule has 1 aliphatic rings. The molecular weight excluding hydrogens is 822 g/mol. The minimum atomic E-state index is -4.70. The number of phosphoric ester groups is 1. The summed E-state index contributed by atoms with van der Waals surface area (Å²) in [6, 6.07) is 0. The largest absolute Gasteiger partial charge is 0.756 e. The van der Waals surface area contributed by atoms with E-state index in [4.69, 9.17) is 18.5 Å². The summed E-state index contributed by atoms with van der Waals surface area (Å²) in [5, 5.41) is 31.4. The Morgan fingerprint density at radius 1 is 0.730 bits per heavy atom. The topological polar surface area (TPSA) is 172 Å². The van der Waals surface area contributed by atoms with Crippen molar-refractivity contribution in [3.63, 3.8) is 0 Å². The highest BCUT2D eigenvalue weighted by molar-refractivity contribution is 7.45. The molecule has 1 saturated carbocycles. The van der Waals surface area contributed by atoms with Crippen molar-refractivity contribution >= 4 is 19.8 Å². The molecule has 12 nitrogen and oxygen atoms in total. The normalized spacial score (nSPS) is 20.6. The van der Waals surface area contributed by atoms with Gasteiger partial charge in [0.15, 0.2) is 6.10 Å². The Morgan fingerprint density at radius 2 is 1.32 bits per heavy atom. The van der Waals surface area contributed by atoms with Crippen LogP contribution in [0.5, 0.6) is 0 Å². The van der Waals surface area contributed by atoms with Crippen molar-refractivity contribution in [2.75, 3.05) is 47.5 Å². The molecule has 0 heterocycles. The molecule has 362 valence electrons. The standard InChI is InChI=1S/C50H86NO11P/c1-6-8-10-11-12-13-14-15-16-17-18-19-20-21-22-23-24-25-31-35-50(56)62-44(42-61-63(57,58)60-39-38-51(3,4)5)41-59-49(55)34-30-27-26-29-33-45-46(48(54)40-47(45)53)37-36-43(52)32-28-9-7-2/h8,10,12-13,15-16,18-19,21-22,36-37,43-48,52-54H,6-7,9,11,14,17,20,23-35,38-42H2,1-5H3/b10-8-,13-12-,16-15-,19-18-,22-21-,37-36+/t43-,44+,45+,46+,47-,48+/m0/s1. The van der Waals surface area contributed by atoms with Crippen LogP contribution in [-0.2, 0) is 32.7 Å². The first-order valence-electron chi connectivity index (χ1n) is 23.9. The number of aliphatic hydroxyl groups is 3. The molecule has 0 aromatic heterocycles. The molecule has 7 atom stereocenters. The van der Waals surface area contributed by atoms with Gasteiger partial charge in [-0.05, 0) is 76.5 Å². The van der Waals surface area contributed by atoms with Crippen molar-refractivity contribution in [3.8, 4) is 0 Å². The van der Waals surface area contributed by atoms with E-state index in [1.807, 2.05) is 27.2 Å². The first-order valence-corrected chi connectivity index (χ1v) is 25.4. The van der Waals surface area contributed by atoms with E-state index in [0.29, 0.717) is 36.7 Å². The van der Waals surface area contributed by atoms with E-state index in [2.05, 4.69) is 74.6 Å². The van der Waals surface area contributed by atoms with Crippen LogP contribution in [-0.4, -0.2) is 104 Å². The lowest BCUT2D eigenvalue weighted by molar-refractivity contribution is -0.870. The van der Waals surface area contributed by atoms with Gasteiger partial charge in [0.25, 0.3) is 7.82 Å². The van der Waals surface area contributed by atoms with Crippen LogP contribution in [0.4, 0.5) is 0 Å². The maximum atomic E-state index is 12.8. The number of phosphoric acid groups is 1. The second-order valence-corrected chi connectivity index (χ2v) is 19.1. The molecule has 1 fully saturated rings. The van der Waals surface area contributed by atoms with Crippen LogP contribution in [0.2, 0.25) is 0 Å². The first-order chi connectivity index (χ1) is 30.2. The fraction of sp³-hybridized carbons (Fsp3) is 0.720. The molecule has 0 radical (unpaired) electrons. The Bertz CT molecular complexity index is 1420. The summed E-state index contributed by atoms with van der Waals surface area (Å²) in [6.45, 7) is 3.72. The molecule has 3 N–H and O–H groups in total. The number of hydrogen-bond acceptors (Lipinski definition) is 11. The third kappa shape index (κ3) is 33.5. The van der Waals surface area contributed by atoms with Crippen LogP contribution < -0.4 is 4.89 Å². The fourth-order valence-corrected chi connectivity index (χ4v) is 7.80. The van der Waals surface area contributed by atoms with Crippen LogP contribution in [0.25, 0.3) is 0 Å². The van der Waals surface area contributed by atoms with E-state index in [1.165, 1.54) is 0 Å². The summed E-state index contributed by atoms with van der Waals surface area (Å²) in [6.07, 6.45) is 38.5. The molecule has 0 amide bonds. The van der Waals surface area contributed by atoms with E-state index < -0.39 is 50.8 Å². The maximum absolute atomic E-state index is 12.8. The molecule has 1 aliphatic carbocycles. The van der Waals surface area contributed by atoms with Crippen LogP contribution in [0.3, 0.4) is 0 Å². The van der Waals surface area contributed by atoms with Gasteiger partial charge in [-0.1, -0.05) is 132 Å². The molecule has 0 aromatic rings. The minimum Gasteiger partial charge on any atom is -0.756 e. The average Bonchev–Trinajstić information content (AvgIpc) is 3.50. The van der Waals surface area contributed by atoms with E-state index in [1.54, 1.807) is 6.08 Å². The average molecular weight is 908 g/mol. The van der Waals surface area contributed by atoms with Crippen molar-refractivity contribution in [2.24, 2.45) is 11.8 Å². The van der Waals surface area contributed by atoms with Gasteiger partial charge < -0.3 is 43.2 Å². The number of ether oxygens (including phenoxy) is 2. The van der Waals surface area contributed by atoms with Gasteiger partial charge in [0.1, 0.15) is 19.8 Å². The predicted molar refractivity (Wildman–Crippen MR) is 251 cm³/mol. The van der Waals surface area contributed by atoms with Gasteiger partial charge in [-0.2, -0.15) is 0 Å². The molecule has 0 spiro atoms. The third-order valence-corrected chi connectivity index (χ3v) is 11.8. The molecule has 63 heavy (non-hydrogen) atoms. The number of allylic oxidation sites excluding steroid dienone is 10. The van der Waals surface area contributed by atoms with Crippen LogP contribution in [0, 0.1) is 11.8 Å². The van der Waals surface area contributed by atoms with E-state index >= 15 is 0 Å². The molecule has 0 saturated heterocycles. The van der Waals surface area contributed by atoms with Crippen molar-refractivity contribution in [2.45, 2.75) is 173 Å². The van der Waals surface area contributed by atoms with Gasteiger partial charge in [0.2, 0.25) is 0 Å². The molecule has 0 bridgehead atoms. The number of carbonyl (C=O) groups excluding carboxylic acids is 2. The minimum absolute atomic E-state index is 0.0759. The number of aliphatic hydroxyl groups excluding tert-OH is 3. The summed E-state index contributed by atoms with van der Waals surface area (Å²) in [5.74, 6) is -1.31. The van der Waals surface area contributed by atoms with Gasteiger partial charge in [0.05, 0.1) is 46.1 Å². The van der Waals surface area contributed by atoms with E-state index in [-0.39, 0.29) is 37.9 Å². The Labute approximate surface area is 381 Å². The van der Waals surface area contributed by atoms with Crippen molar-refractivity contribution in [1.29, 1.82) is 0 Å². The Kier molecular flexibility index (Phi) is 33.8. The van der Waals surface area contributed by atoms with Gasteiger partial charge in [-0.15, -0.1) is 0 Å². The SMILES string of the molecule is CC/C=C\C/C=C\C/C=C\C/C=C\C/C=C\CCCCCC(=O)O[C@H](COC(=O)CCCCCC[C@@H]1[C@@H](/C=C/[C@@H](O)CCCCC)[C@H](O)C[C@@H]1O)COP(=O)([O-])OCC[N+](C)(C)C. The molecule has 0 aliphatic heterocycles. The number of unbranched alkanes of at least 4 members (excludes halogenated alkanes) is 8. The second-order valence-electron chi connectivity index (χ2n) is 17.7. The molecule has 1 rings (SSSR count). The van der Waals surface area contributed by atoms with Crippen molar-refractivity contribution in [3.05, 3.63) is 72.9 Å². The number of carbonyl (C=O) groups is 2. The van der Waals surface area contributed by atoms with Crippen LogP contribution >= 0.6 is 7.82 Å². The number of likely N-dealkylation sites (N-methyl/N-ethyl adjacent to an activating group) is 1. The van der Waals surface area contributed by atoms with Crippen molar-refractivity contribution < 1.29 is 57.4 Å². The Balaban J connectivity index is 2.46. The lowest BCUT2D eigenvalue weighted by Gasteiger charge is -2.28. The smallest absolute Gasteiger partial charge is 0.306 e. The lowest BCUT2D eigenvalue weighted by atomic mass is 9.88. The number of rotatable bonds is 38. The summed E-state index contributed by atoms with van der Waals surface area (Å²) in [5.41, 5.74) is 0. The Morgan fingerprint density at radius 3 is 1.94 bits per heavy atom. The molecular formula is C50H86NO11P. The van der Waals surface area contributed by atoms with Crippen molar-refractivity contribution in [1.82, 2.24) is 0 Å². The highest BCUT2D eigenvalue weighted by atomic mass is 31.2. The fourth-order valence-electron chi connectivity index (χ4n) is 7.07. The lowest BCUT2D eigenvalue weighted by Crippen LogP contribution is -2.37. The van der Waals surface area contributed by atoms with E-state index in [9.17, 15) is 34.4 Å². The third-order valence-electron chi connectivity index (χ3n) is 10.8. The Hall–Kier alpha value is -2.67. The molecule has 13 heteroatoms. The van der Waals surface area contributed by atoms with Gasteiger partial charge >= 0.3 is 11.9 Å². The zero-order valence-electron chi connectivity index (χ0n) is 39.6. The summed E-state index contributed by atoms with van der Waals surface area (Å²) >= 11 is 0. The zero-order valence-corrected chi connectivity index (χ0v) is 40.5. The maximum Gasteiger partial charge on any atom is 0.306 e. The van der Waals surface area contributed by atoms with Gasteiger partial charge in [0, 0.05) is 25.2 Å². The first kappa shape index (κ1) is 58.3. The second kappa shape index (κ2) is 36.5. The summed E-state index contributed by atoms with van der Waals surface area (Å²) < 4.78 is 33.9. The number of esters is 2. The van der Waals surface area contributed by atoms with Gasteiger partial charge in [-0.25, -0.2) is 0 Å². The number of hydrogen-bond donors (Lipinski definition) is 3. The van der Waals surface area contributed by atoms with Crippen LogP contribution in [0.1, 0.15) is 149 Å². The summed E-state index contributed by atoms with van der Waals surface area (Å²) in [4.78, 5) is 37.9. The number of quaternary nitrogens is 1. The van der Waals surface area contributed by atoms with Crippen LogP contribution in [0.15, 0.2) is 72.9 Å². The van der Waals surface area contributed by atoms with Gasteiger partial charge in [-0.3, -0.25) is 14.2 Å². The molecule has 0 aromatic carbocycles. The number of nitrogens with zero attached hydrogens (tertiary/aromatic N) is 1. The monoisotopic (exact) mass is 908 g/mol. The quantitative estimate of drug-likeness (QED) is 0.0177. The molecule has 1 unspecified atom stereocenters. The van der Waals surface area contributed by atoms with E-state index in [0.717, 1.165) is 96.3 Å². The zero-order chi connectivity index (χ0) is 46.6.